The van der Waals surface area contributed by atoms with Gasteiger partial charge in [0, 0.05) is 24.7 Å². The Balaban J connectivity index is 2.30. The number of rotatable bonds is 5. The fraction of sp³-hybridized carbons (Fsp3) is 0.583. The molecule has 1 aliphatic rings. The van der Waals surface area contributed by atoms with Crippen LogP contribution in [0.1, 0.15) is 32.6 Å². The number of hydrogen-bond donors (Lipinski definition) is 1. The van der Waals surface area contributed by atoms with Crippen molar-refractivity contribution in [3.8, 4) is 0 Å². The van der Waals surface area contributed by atoms with Crippen LogP contribution in [0.15, 0.2) is 10.7 Å². The molecule has 1 atom stereocenters. The molecule has 19 heavy (non-hydrogen) atoms. The summed E-state index contributed by atoms with van der Waals surface area (Å²) in [6.07, 6.45) is 5.31. The predicted molar refractivity (Wildman–Crippen MR) is 78.1 cm³/mol. The number of anilines is 1. The zero-order valence-electron chi connectivity index (χ0n) is 10.6. The lowest BCUT2D eigenvalue weighted by Crippen LogP contribution is -2.47. The van der Waals surface area contributed by atoms with Crippen molar-refractivity contribution >= 4 is 39.3 Å². The molecule has 0 spiro atoms. The minimum Gasteiger partial charge on any atom is -0.370 e. The third-order valence-electron chi connectivity index (χ3n) is 3.38. The van der Waals surface area contributed by atoms with Crippen molar-refractivity contribution in [1.29, 1.82) is 0 Å². The maximum absolute atomic E-state index is 11.2. The predicted octanol–water partition coefficient (Wildman–Crippen LogP) is 2.52. The first-order valence-corrected chi connectivity index (χ1v) is 7.41. The fourth-order valence-corrected chi connectivity index (χ4v) is 2.84. The molecule has 0 aromatic carbocycles. The first-order chi connectivity index (χ1) is 8.99. The zero-order valence-corrected chi connectivity index (χ0v) is 13.0. The summed E-state index contributed by atoms with van der Waals surface area (Å²) in [6, 6.07) is 0.377. The highest BCUT2D eigenvalue weighted by atomic mass is 79.9. The number of aromatic nitrogens is 2. The van der Waals surface area contributed by atoms with E-state index < -0.39 is 0 Å². The number of amides is 1. The standard InChI is InChI=1S/C12H16BrClN4O/c1-7(5-10(15)19)18(8-3-2-4-8)11-9(13)6-16-12(14)17-11/h6-8H,2-5H2,1H3,(H2,15,19). The molecular formula is C12H16BrClN4O. The quantitative estimate of drug-likeness (QED) is 0.831. The molecule has 1 unspecified atom stereocenters. The van der Waals surface area contributed by atoms with Gasteiger partial charge in [0.05, 0.1) is 4.47 Å². The maximum Gasteiger partial charge on any atom is 0.224 e. The van der Waals surface area contributed by atoms with Crippen molar-refractivity contribution in [2.24, 2.45) is 5.73 Å². The van der Waals surface area contributed by atoms with E-state index in [1.807, 2.05) is 6.92 Å². The summed E-state index contributed by atoms with van der Waals surface area (Å²) in [5.74, 6) is 0.423. The van der Waals surface area contributed by atoms with Crippen LogP contribution in [0.3, 0.4) is 0 Å². The summed E-state index contributed by atoms with van der Waals surface area (Å²) in [5.41, 5.74) is 5.30. The van der Waals surface area contributed by atoms with Gasteiger partial charge >= 0.3 is 0 Å². The average molecular weight is 348 g/mol. The lowest BCUT2D eigenvalue weighted by molar-refractivity contribution is -0.118. The van der Waals surface area contributed by atoms with Crippen LogP contribution in [0.4, 0.5) is 5.82 Å². The Hall–Kier alpha value is -0.880. The highest BCUT2D eigenvalue weighted by molar-refractivity contribution is 9.10. The van der Waals surface area contributed by atoms with Crippen molar-refractivity contribution < 1.29 is 4.79 Å². The first kappa shape index (κ1) is 14.5. The van der Waals surface area contributed by atoms with Crippen LogP contribution in [0.25, 0.3) is 0 Å². The summed E-state index contributed by atoms with van der Waals surface area (Å²) in [5, 5.41) is 0.203. The molecular weight excluding hydrogens is 332 g/mol. The molecule has 1 saturated carbocycles. The van der Waals surface area contributed by atoms with E-state index in [9.17, 15) is 4.79 Å². The van der Waals surface area contributed by atoms with Crippen molar-refractivity contribution in [3.63, 3.8) is 0 Å². The molecule has 1 heterocycles. The Morgan fingerprint density at radius 1 is 1.68 bits per heavy atom. The van der Waals surface area contributed by atoms with Gasteiger partial charge in [0.25, 0.3) is 0 Å². The molecule has 2 rings (SSSR count). The van der Waals surface area contributed by atoms with E-state index >= 15 is 0 Å². The van der Waals surface area contributed by atoms with Crippen molar-refractivity contribution in [2.75, 3.05) is 4.90 Å². The third-order valence-corrected chi connectivity index (χ3v) is 4.12. The van der Waals surface area contributed by atoms with E-state index in [1.54, 1.807) is 6.20 Å². The van der Waals surface area contributed by atoms with Gasteiger partial charge in [-0.3, -0.25) is 4.79 Å². The van der Waals surface area contributed by atoms with Crippen LogP contribution < -0.4 is 10.6 Å². The summed E-state index contributed by atoms with van der Waals surface area (Å²) >= 11 is 9.32. The monoisotopic (exact) mass is 346 g/mol. The number of halogens is 2. The van der Waals surface area contributed by atoms with Crippen molar-refractivity contribution in [1.82, 2.24) is 9.97 Å². The smallest absolute Gasteiger partial charge is 0.224 e. The molecule has 1 aliphatic carbocycles. The van der Waals surface area contributed by atoms with Crippen LogP contribution in [0, 0.1) is 0 Å². The Labute approximate surface area is 125 Å². The maximum atomic E-state index is 11.2. The van der Waals surface area contributed by atoms with Gasteiger partial charge in [-0.1, -0.05) is 0 Å². The van der Waals surface area contributed by atoms with Crippen molar-refractivity contribution in [3.05, 3.63) is 16.0 Å². The van der Waals surface area contributed by atoms with Gasteiger partial charge in [0.15, 0.2) is 0 Å². The molecule has 1 aromatic rings. The third kappa shape index (κ3) is 3.36. The normalized spacial score (nSPS) is 16.8. The summed E-state index contributed by atoms with van der Waals surface area (Å²) in [4.78, 5) is 21.5. The highest BCUT2D eigenvalue weighted by Crippen LogP contribution is 2.35. The van der Waals surface area contributed by atoms with E-state index in [-0.39, 0.29) is 17.2 Å². The zero-order chi connectivity index (χ0) is 14.0. The molecule has 0 bridgehead atoms. The SMILES string of the molecule is CC(CC(N)=O)N(c1nc(Cl)ncc1Br)C1CCC1. The average Bonchev–Trinajstić information content (AvgIpc) is 2.25. The molecule has 1 fully saturated rings. The Bertz CT molecular complexity index is 481. The number of primary amides is 1. The Morgan fingerprint density at radius 2 is 2.37 bits per heavy atom. The minimum absolute atomic E-state index is 0.00920. The topological polar surface area (TPSA) is 72.1 Å². The van der Waals surface area contributed by atoms with E-state index in [0.717, 1.165) is 23.1 Å². The van der Waals surface area contributed by atoms with Crippen LogP contribution >= 0.6 is 27.5 Å². The van der Waals surface area contributed by atoms with E-state index in [0.29, 0.717) is 12.5 Å². The number of nitrogens with zero attached hydrogens (tertiary/aromatic N) is 3. The molecule has 104 valence electrons. The molecule has 0 radical (unpaired) electrons. The van der Waals surface area contributed by atoms with Gasteiger partial charge in [-0.05, 0) is 53.7 Å². The number of carbonyl (C=O) groups excluding carboxylic acids is 1. The van der Waals surface area contributed by atoms with Crippen molar-refractivity contribution in [2.45, 2.75) is 44.7 Å². The second-order valence-electron chi connectivity index (χ2n) is 4.82. The summed E-state index contributed by atoms with van der Waals surface area (Å²) in [6.45, 7) is 1.98. The van der Waals surface area contributed by atoms with Gasteiger partial charge in [0.2, 0.25) is 11.2 Å². The Morgan fingerprint density at radius 3 is 2.89 bits per heavy atom. The van der Waals surface area contributed by atoms with Gasteiger partial charge in [0.1, 0.15) is 5.82 Å². The largest absolute Gasteiger partial charge is 0.370 e. The van der Waals surface area contributed by atoms with Gasteiger partial charge in [-0.15, -0.1) is 0 Å². The van der Waals surface area contributed by atoms with Gasteiger partial charge < -0.3 is 10.6 Å². The van der Waals surface area contributed by atoms with E-state index in [4.69, 9.17) is 17.3 Å². The second kappa shape index (κ2) is 6.05. The molecule has 1 amide bonds. The van der Waals surface area contributed by atoms with Gasteiger partial charge in [-0.2, -0.15) is 4.98 Å². The lowest BCUT2D eigenvalue weighted by atomic mass is 9.90. The van der Waals surface area contributed by atoms with Crippen LogP contribution in [-0.2, 0) is 4.79 Å². The first-order valence-electron chi connectivity index (χ1n) is 6.23. The Kier molecular flexibility index (Phi) is 4.62. The molecule has 0 saturated heterocycles. The van der Waals surface area contributed by atoms with Crippen LogP contribution in [0.5, 0.6) is 0 Å². The van der Waals surface area contributed by atoms with E-state index in [1.165, 1.54) is 6.42 Å². The number of carbonyl (C=O) groups is 1. The minimum atomic E-state index is -0.312. The lowest BCUT2D eigenvalue weighted by Gasteiger charge is -2.42. The summed E-state index contributed by atoms with van der Waals surface area (Å²) < 4.78 is 0.778. The highest BCUT2D eigenvalue weighted by Gasteiger charge is 2.31. The number of nitrogens with two attached hydrogens (primary N) is 1. The molecule has 1 aromatic heterocycles. The van der Waals surface area contributed by atoms with Crippen LogP contribution in [-0.4, -0.2) is 28.0 Å². The molecule has 2 N–H and O–H groups in total. The molecule has 7 heteroatoms. The molecule has 5 nitrogen and oxygen atoms in total. The van der Waals surface area contributed by atoms with E-state index in [2.05, 4.69) is 30.8 Å². The van der Waals surface area contributed by atoms with Gasteiger partial charge in [-0.25, -0.2) is 4.98 Å². The molecule has 0 aliphatic heterocycles. The number of hydrogen-bond acceptors (Lipinski definition) is 4. The summed E-state index contributed by atoms with van der Waals surface area (Å²) in [7, 11) is 0. The fourth-order valence-electron chi connectivity index (χ4n) is 2.31. The van der Waals surface area contributed by atoms with Crippen LogP contribution in [0.2, 0.25) is 5.28 Å². The second-order valence-corrected chi connectivity index (χ2v) is 6.01.